The summed E-state index contributed by atoms with van der Waals surface area (Å²) in [6.45, 7) is 5.80. The minimum atomic E-state index is -0.491. The van der Waals surface area contributed by atoms with E-state index in [9.17, 15) is 4.79 Å². The van der Waals surface area contributed by atoms with Crippen molar-refractivity contribution in [1.82, 2.24) is 0 Å². The van der Waals surface area contributed by atoms with Gasteiger partial charge < -0.3 is 9.47 Å². The summed E-state index contributed by atoms with van der Waals surface area (Å²) in [4.78, 5) is 11.3. The van der Waals surface area contributed by atoms with Crippen LogP contribution >= 0.6 is 34.8 Å². The number of hydrogen-bond donors (Lipinski definition) is 0. The van der Waals surface area contributed by atoms with Crippen LogP contribution in [0.4, 0.5) is 0 Å². The molecule has 20 heavy (non-hydrogen) atoms. The van der Waals surface area contributed by atoms with Gasteiger partial charge in [-0.1, -0.05) is 47.5 Å². The molecule has 0 N–H and O–H groups in total. The molecule has 0 radical (unpaired) electrons. The molecule has 0 unspecified atom stereocenters. The van der Waals surface area contributed by atoms with Crippen molar-refractivity contribution < 1.29 is 14.3 Å². The van der Waals surface area contributed by atoms with E-state index in [1.54, 1.807) is 13.0 Å². The minimum Gasteiger partial charge on any atom is -0.487 e. The highest BCUT2D eigenvalue weighted by Crippen LogP contribution is 2.40. The second kappa shape index (κ2) is 8.20. The van der Waals surface area contributed by atoms with E-state index in [4.69, 9.17) is 44.3 Å². The van der Waals surface area contributed by atoms with Gasteiger partial charge in [-0.15, -0.1) is 0 Å². The van der Waals surface area contributed by atoms with Crippen LogP contribution in [0.25, 0.3) is 6.08 Å². The van der Waals surface area contributed by atoms with Gasteiger partial charge in [0.1, 0.15) is 12.4 Å². The fourth-order valence-corrected chi connectivity index (χ4v) is 2.11. The molecule has 0 fully saturated rings. The average molecular weight is 336 g/mol. The fraction of sp³-hybridized carbons (Fsp3) is 0.214. The number of hydrogen-bond acceptors (Lipinski definition) is 3. The van der Waals surface area contributed by atoms with E-state index in [-0.39, 0.29) is 23.3 Å². The number of halogens is 3. The molecular formula is C14H13Cl3O3. The predicted octanol–water partition coefficient (Wildman–Crippen LogP) is 4.79. The van der Waals surface area contributed by atoms with E-state index < -0.39 is 5.97 Å². The summed E-state index contributed by atoms with van der Waals surface area (Å²) in [7, 11) is 0. The molecule has 0 saturated carbocycles. The first-order valence-electron chi connectivity index (χ1n) is 5.77. The summed E-state index contributed by atoms with van der Waals surface area (Å²) in [6.07, 6.45) is 4.26. The largest absolute Gasteiger partial charge is 0.487 e. The van der Waals surface area contributed by atoms with E-state index in [1.165, 1.54) is 18.2 Å². The van der Waals surface area contributed by atoms with Gasteiger partial charge >= 0.3 is 5.97 Å². The molecule has 0 aliphatic heterocycles. The molecule has 1 aromatic rings. The second-order valence-corrected chi connectivity index (χ2v) is 4.77. The molecule has 0 amide bonds. The van der Waals surface area contributed by atoms with Gasteiger partial charge in [-0.3, -0.25) is 0 Å². The Hall–Kier alpha value is -1.16. The van der Waals surface area contributed by atoms with E-state index >= 15 is 0 Å². The zero-order valence-corrected chi connectivity index (χ0v) is 13.1. The maximum Gasteiger partial charge on any atom is 0.330 e. The van der Waals surface area contributed by atoms with Crippen molar-refractivity contribution in [1.29, 1.82) is 0 Å². The molecule has 0 aliphatic carbocycles. The Morgan fingerprint density at radius 3 is 2.65 bits per heavy atom. The van der Waals surface area contributed by atoms with Crippen molar-refractivity contribution in [2.24, 2.45) is 0 Å². The Bertz CT molecular complexity index is 539. The van der Waals surface area contributed by atoms with Gasteiger partial charge in [-0.2, -0.15) is 0 Å². The summed E-state index contributed by atoms with van der Waals surface area (Å²) < 4.78 is 10.2. The van der Waals surface area contributed by atoms with E-state index in [0.717, 1.165) is 0 Å². The SMILES string of the molecule is C=CCOc1c(Cl)cc(Cl)c(Cl)c1C=CC(=O)OCC. The summed E-state index contributed by atoms with van der Waals surface area (Å²) >= 11 is 18.1. The maximum atomic E-state index is 11.3. The lowest BCUT2D eigenvalue weighted by atomic mass is 10.2. The molecule has 3 nitrogen and oxygen atoms in total. The Morgan fingerprint density at radius 2 is 2.05 bits per heavy atom. The van der Waals surface area contributed by atoms with Gasteiger partial charge in [0, 0.05) is 11.6 Å². The van der Waals surface area contributed by atoms with E-state index in [1.807, 2.05) is 0 Å². The standard InChI is InChI=1S/C14H13Cl3O3/c1-3-7-20-14-9(5-6-12(18)19-4-2)13(17)10(15)8-11(14)16/h3,5-6,8H,1,4,7H2,2H3. The Balaban J connectivity index is 3.19. The quantitative estimate of drug-likeness (QED) is 0.324. The molecule has 0 saturated heterocycles. The molecular weight excluding hydrogens is 323 g/mol. The summed E-state index contributed by atoms with van der Waals surface area (Å²) in [5.74, 6) is -0.157. The first-order valence-corrected chi connectivity index (χ1v) is 6.90. The van der Waals surface area contributed by atoms with Gasteiger partial charge in [0.05, 0.1) is 21.7 Å². The zero-order valence-electron chi connectivity index (χ0n) is 10.8. The maximum absolute atomic E-state index is 11.3. The van der Waals surface area contributed by atoms with E-state index in [2.05, 4.69) is 6.58 Å². The molecule has 6 heteroatoms. The van der Waals surface area contributed by atoms with Crippen LogP contribution in [0.1, 0.15) is 12.5 Å². The fourth-order valence-electron chi connectivity index (χ4n) is 1.38. The number of ether oxygens (including phenoxy) is 2. The van der Waals surface area contributed by atoms with Crippen LogP contribution in [0, 0.1) is 0 Å². The van der Waals surface area contributed by atoms with E-state index in [0.29, 0.717) is 16.3 Å². The van der Waals surface area contributed by atoms with Gasteiger partial charge in [0.15, 0.2) is 0 Å². The topological polar surface area (TPSA) is 35.5 Å². The Kier molecular flexibility index (Phi) is 6.93. The third kappa shape index (κ3) is 4.44. The van der Waals surface area contributed by atoms with Crippen LogP contribution in [0.15, 0.2) is 24.8 Å². The van der Waals surface area contributed by atoms with Gasteiger partial charge in [-0.05, 0) is 19.1 Å². The molecule has 1 rings (SSSR count). The highest BCUT2D eigenvalue weighted by atomic mass is 35.5. The average Bonchev–Trinajstić information content (AvgIpc) is 2.40. The van der Waals surface area contributed by atoms with Gasteiger partial charge in [0.25, 0.3) is 0 Å². The van der Waals surface area contributed by atoms with Crippen molar-refractivity contribution >= 4 is 46.8 Å². The zero-order chi connectivity index (χ0) is 15.1. The van der Waals surface area contributed by atoms with Crippen molar-refractivity contribution in [2.45, 2.75) is 6.92 Å². The van der Waals surface area contributed by atoms with Gasteiger partial charge in [-0.25, -0.2) is 4.79 Å². The van der Waals surface area contributed by atoms with Crippen LogP contribution in [0.3, 0.4) is 0 Å². The van der Waals surface area contributed by atoms with Crippen LogP contribution in [0.2, 0.25) is 15.1 Å². The highest BCUT2D eigenvalue weighted by Gasteiger charge is 2.15. The molecule has 0 aliphatic rings. The lowest BCUT2D eigenvalue weighted by molar-refractivity contribution is -0.137. The summed E-state index contributed by atoms with van der Waals surface area (Å²) in [5, 5.41) is 0.812. The van der Waals surface area contributed by atoms with Crippen LogP contribution in [-0.2, 0) is 9.53 Å². The molecule has 0 heterocycles. The highest BCUT2D eigenvalue weighted by molar-refractivity contribution is 6.44. The number of carbonyl (C=O) groups is 1. The summed E-state index contributed by atoms with van der Waals surface area (Å²) in [6, 6.07) is 1.48. The lowest BCUT2D eigenvalue weighted by Crippen LogP contribution is -2.00. The van der Waals surface area contributed by atoms with Crippen LogP contribution in [0.5, 0.6) is 5.75 Å². The minimum absolute atomic E-state index is 0.246. The summed E-state index contributed by atoms with van der Waals surface area (Å²) in [5.41, 5.74) is 0.416. The molecule has 0 bridgehead atoms. The third-order valence-corrected chi connectivity index (χ3v) is 3.26. The van der Waals surface area contributed by atoms with Crippen molar-refractivity contribution in [2.75, 3.05) is 13.2 Å². The monoisotopic (exact) mass is 334 g/mol. The number of esters is 1. The predicted molar refractivity (Wildman–Crippen MR) is 82.8 cm³/mol. The molecule has 108 valence electrons. The molecule has 1 aromatic carbocycles. The molecule has 0 spiro atoms. The van der Waals surface area contributed by atoms with Crippen LogP contribution < -0.4 is 4.74 Å². The first kappa shape index (κ1) is 16.9. The Labute approximate surface area is 132 Å². The molecule has 0 aromatic heterocycles. The number of rotatable bonds is 6. The van der Waals surface area contributed by atoms with Crippen molar-refractivity contribution in [3.63, 3.8) is 0 Å². The van der Waals surface area contributed by atoms with Crippen LogP contribution in [-0.4, -0.2) is 19.2 Å². The number of benzene rings is 1. The van der Waals surface area contributed by atoms with Crippen molar-refractivity contribution in [3.8, 4) is 5.75 Å². The lowest BCUT2D eigenvalue weighted by Gasteiger charge is -2.12. The molecule has 0 atom stereocenters. The smallest absolute Gasteiger partial charge is 0.330 e. The van der Waals surface area contributed by atoms with Crippen molar-refractivity contribution in [3.05, 3.63) is 45.4 Å². The number of carbonyl (C=O) groups excluding carboxylic acids is 1. The normalized spacial score (nSPS) is 10.6. The second-order valence-electron chi connectivity index (χ2n) is 3.58. The third-order valence-electron chi connectivity index (χ3n) is 2.18. The first-order chi connectivity index (χ1) is 9.51. The Morgan fingerprint density at radius 1 is 1.35 bits per heavy atom. The van der Waals surface area contributed by atoms with Gasteiger partial charge in [0.2, 0.25) is 0 Å².